The average molecular weight is 211 g/mol. The molecule has 1 atom stereocenters. The molecule has 0 aliphatic rings. The van der Waals surface area contributed by atoms with Crippen LogP contribution in [0.1, 0.15) is 38.2 Å². The highest BCUT2D eigenvalue weighted by molar-refractivity contribution is 7.01. The van der Waals surface area contributed by atoms with Gasteiger partial charge in [0.1, 0.15) is 0 Å². The van der Waals surface area contributed by atoms with Crippen LogP contribution in [0.3, 0.4) is 0 Å². The Morgan fingerprint density at radius 3 is 2.69 bits per heavy atom. The van der Waals surface area contributed by atoms with Gasteiger partial charge in [0.15, 0.2) is 0 Å². The summed E-state index contributed by atoms with van der Waals surface area (Å²) in [5.41, 5.74) is 1.43. The van der Waals surface area contributed by atoms with E-state index >= 15 is 0 Å². The Kier molecular flexibility index (Phi) is 4.53. The molecule has 0 aromatic heterocycles. The van der Waals surface area contributed by atoms with Crippen molar-refractivity contribution in [3.8, 4) is 0 Å². The molecule has 2 radical (unpaired) electrons. The van der Waals surface area contributed by atoms with E-state index in [1.165, 1.54) is 23.6 Å². The average Bonchev–Trinajstić information content (AvgIpc) is 2.18. The Hall–Kier alpha value is -0.273. The largest absolute Gasteiger partial charge is 0.210 e. The predicted molar refractivity (Wildman–Crippen MR) is 61.0 cm³/mol. The van der Waals surface area contributed by atoms with E-state index in [2.05, 4.69) is 38.1 Å². The fourth-order valence-corrected chi connectivity index (χ4v) is 2.72. The zero-order valence-corrected chi connectivity index (χ0v) is 9.93. The second kappa shape index (κ2) is 5.46. The van der Waals surface area contributed by atoms with Crippen LogP contribution in [0.25, 0.3) is 0 Å². The summed E-state index contributed by atoms with van der Waals surface area (Å²) in [4.78, 5) is 0. The van der Waals surface area contributed by atoms with Gasteiger partial charge in [0.05, 0.1) is 0 Å². The summed E-state index contributed by atoms with van der Waals surface area (Å²) in [5.74, 6) is 0.646. The Labute approximate surface area is 87.8 Å². The van der Waals surface area contributed by atoms with Crippen LogP contribution in [-0.4, -0.2) is 8.83 Å². The van der Waals surface area contributed by atoms with Crippen molar-refractivity contribution in [2.75, 3.05) is 0 Å². The minimum atomic E-state index is 0.398. The summed E-state index contributed by atoms with van der Waals surface area (Å²) < 4.78 is 0. The third-order valence-electron chi connectivity index (χ3n) is 2.32. The number of hydrogen-bond donors (Lipinski definition) is 0. The van der Waals surface area contributed by atoms with E-state index in [4.69, 9.17) is 11.1 Å². The van der Waals surface area contributed by atoms with Gasteiger partial charge in [-0.3, -0.25) is 0 Å². The van der Waals surface area contributed by atoms with Gasteiger partial charge in [-0.1, -0.05) is 44.5 Å². The van der Waals surface area contributed by atoms with E-state index in [0.717, 1.165) is 0 Å². The molecule has 0 aliphatic carbocycles. The van der Waals surface area contributed by atoms with Crippen LogP contribution in [0.15, 0.2) is 24.3 Å². The van der Waals surface area contributed by atoms with Gasteiger partial charge < -0.3 is 0 Å². The number of rotatable bonds is 4. The smallest absolute Gasteiger partial charge is 0.165 e. The summed E-state index contributed by atoms with van der Waals surface area (Å²) in [7, 11) is 0.398. The van der Waals surface area contributed by atoms with Gasteiger partial charge in [-0.15, -0.1) is 0 Å². The molecule has 70 valence electrons. The molecule has 0 saturated carbocycles. The Morgan fingerprint density at radius 2 is 2.08 bits per heavy atom. The van der Waals surface area contributed by atoms with Crippen molar-refractivity contribution in [3.05, 3.63) is 29.8 Å². The molecule has 0 nitrogen and oxygen atoms in total. The van der Waals surface area contributed by atoms with Crippen molar-refractivity contribution in [2.24, 2.45) is 0 Å². The molecule has 1 aromatic carbocycles. The van der Waals surface area contributed by atoms with Crippen LogP contribution in [-0.2, 0) is 0 Å². The lowest BCUT2D eigenvalue weighted by Crippen LogP contribution is -2.16. The van der Waals surface area contributed by atoms with Gasteiger partial charge in [0.2, 0.25) is 8.83 Å². The predicted octanol–water partition coefficient (Wildman–Crippen LogP) is 3.07. The van der Waals surface area contributed by atoms with Crippen LogP contribution in [0.2, 0.25) is 0 Å². The molecule has 0 amide bonds. The Morgan fingerprint density at radius 1 is 1.38 bits per heavy atom. The van der Waals surface area contributed by atoms with Crippen LogP contribution < -0.4 is 5.19 Å². The minimum Gasteiger partial charge on any atom is -0.165 e. The highest BCUT2D eigenvalue weighted by atomic mass is 35.6. The topological polar surface area (TPSA) is 0 Å². The fraction of sp³-hybridized carbons (Fsp3) is 0.455. The van der Waals surface area contributed by atoms with Crippen LogP contribution in [0.5, 0.6) is 0 Å². The Balaban J connectivity index is 2.85. The van der Waals surface area contributed by atoms with Gasteiger partial charge in [-0.2, -0.15) is 11.1 Å². The number of halogens is 1. The number of benzene rings is 1. The van der Waals surface area contributed by atoms with Gasteiger partial charge in [-0.25, -0.2) is 0 Å². The van der Waals surface area contributed by atoms with Crippen molar-refractivity contribution >= 4 is 25.1 Å². The van der Waals surface area contributed by atoms with Crippen LogP contribution in [0.4, 0.5) is 0 Å². The Bertz CT molecular complexity index is 260. The third kappa shape index (κ3) is 2.85. The van der Waals surface area contributed by atoms with Crippen molar-refractivity contribution < 1.29 is 0 Å². The van der Waals surface area contributed by atoms with Crippen molar-refractivity contribution in [1.82, 2.24) is 0 Å². The van der Waals surface area contributed by atoms with E-state index in [9.17, 15) is 0 Å². The standard InChI is InChI=1S/C11H15ClSi/c1-3-6-9(2)10-7-4-5-8-11(10)13-12/h4-5,7-9H,3,6H2,1-2H3. The van der Waals surface area contributed by atoms with Crippen molar-refractivity contribution in [1.29, 1.82) is 0 Å². The molecule has 0 heterocycles. The van der Waals surface area contributed by atoms with E-state index in [1.807, 2.05) is 0 Å². The molecule has 1 rings (SSSR count). The fourth-order valence-electron chi connectivity index (χ4n) is 1.60. The summed E-state index contributed by atoms with van der Waals surface area (Å²) in [6.07, 6.45) is 2.49. The summed E-state index contributed by atoms with van der Waals surface area (Å²) in [6.45, 7) is 4.50. The highest BCUT2D eigenvalue weighted by Crippen LogP contribution is 2.18. The second-order valence-corrected chi connectivity index (χ2v) is 4.67. The first-order chi connectivity index (χ1) is 6.29. The van der Waals surface area contributed by atoms with E-state index in [0.29, 0.717) is 14.7 Å². The molecule has 0 saturated heterocycles. The molecule has 1 unspecified atom stereocenters. The van der Waals surface area contributed by atoms with E-state index in [-0.39, 0.29) is 0 Å². The minimum absolute atomic E-state index is 0.398. The molecule has 0 fully saturated rings. The monoisotopic (exact) mass is 210 g/mol. The first kappa shape index (κ1) is 10.8. The highest BCUT2D eigenvalue weighted by Gasteiger charge is 2.08. The first-order valence-electron chi connectivity index (χ1n) is 4.75. The lowest BCUT2D eigenvalue weighted by atomic mass is 9.97. The van der Waals surface area contributed by atoms with Crippen LogP contribution >= 0.6 is 11.1 Å². The maximum atomic E-state index is 5.90. The zero-order chi connectivity index (χ0) is 9.68. The molecule has 1 aromatic rings. The SMILES string of the molecule is CCCC(C)c1ccccc1[Si]Cl. The maximum Gasteiger partial charge on any atom is 0.210 e. The van der Waals surface area contributed by atoms with Crippen molar-refractivity contribution in [3.63, 3.8) is 0 Å². The molecular formula is C11H15ClSi. The third-order valence-corrected chi connectivity index (χ3v) is 3.58. The second-order valence-electron chi connectivity index (χ2n) is 3.37. The first-order valence-corrected chi connectivity index (χ1v) is 6.76. The molecule has 0 spiro atoms. The van der Waals surface area contributed by atoms with E-state index in [1.54, 1.807) is 0 Å². The lowest BCUT2D eigenvalue weighted by Gasteiger charge is -2.13. The molecule has 2 heteroatoms. The summed E-state index contributed by atoms with van der Waals surface area (Å²) in [5, 5.41) is 1.31. The van der Waals surface area contributed by atoms with Gasteiger partial charge in [0, 0.05) is 0 Å². The zero-order valence-electron chi connectivity index (χ0n) is 8.18. The van der Waals surface area contributed by atoms with Gasteiger partial charge >= 0.3 is 0 Å². The lowest BCUT2D eigenvalue weighted by molar-refractivity contribution is 0.668. The molecule has 13 heavy (non-hydrogen) atoms. The summed E-state index contributed by atoms with van der Waals surface area (Å²) >= 11 is 5.90. The van der Waals surface area contributed by atoms with E-state index < -0.39 is 0 Å². The maximum absolute atomic E-state index is 5.90. The molecular weight excluding hydrogens is 196 g/mol. The van der Waals surface area contributed by atoms with Gasteiger partial charge in [0.25, 0.3) is 0 Å². The van der Waals surface area contributed by atoms with Gasteiger partial charge in [-0.05, 0) is 23.1 Å². The summed E-state index contributed by atoms with van der Waals surface area (Å²) in [6, 6.07) is 8.49. The normalized spacial score (nSPS) is 12.8. The number of hydrogen-bond acceptors (Lipinski definition) is 0. The van der Waals surface area contributed by atoms with Crippen molar-refractivity contribution in [2.45, 2.75) is 32.6 Å². The quantitative estimate of drug-likeness (QED) is 0.530. The van der Waals surface area contributed by atoms with Crippen LogP contribution in [0, 0.1) is 0 Å². The molecule has 0 bridgehead atoms. The molecule has 0 aliphatic heterocycles. The molecule has 0 N–H and O–H groups in total.